The minimum Gasteiger partial charge on any atom is -0.311 e. The third-order valence-electron chi connectivity index (χ3n) is 2.52. The SMILES string of the molecule is O=C(CCc1cccc(F)c1)Nc1ccc(Br)cn1. The number of amides is 1. The van der Waals surface area contributed by atoms with Crippen LogP contribution in [-0.2, 0) is 11.2 Å². The fourth-order valence-corrected chi connectivity index (χ4v) is 1.84. The van der Waals surface area contributed by atoms with Crippen LogP contribution in [0, 0.1) is 5.82 Å². The minimum absolute atomic E-state index is 0.140. The van der Waals surface area contributed by atoms with Crippen LogP contribution in [0.5, 0.6) is 0 Å². The maximum atomic E-state index is 13.0. The molecule has 1 aromatic heterocycles. The first kappa shape index (κ1) is 13.7. The first-order chi connectivity index (χ1) is 9.13. The molecular formula is C14H12BrFN2O. The van der Waals surface area contributed by atoms with Crippen LogP contribution >= 0.6 is 15.9 Å². The zero-order chi connectivity index (χ0) is 13.7. The van der Waals surface area contributed by atoms with Crippen molar-refractivity contribution in [2.24, 2.45) is 0 Å². The second-order valence-electron chi connectivity index (χ2n) is 4.04. The number of hydrogen-bond donors (Lipinski definition) is 1. The summed E-state index contributed by atoms with van der Waals surface area (Å²) in [5.41, 5.74) is 0.805. The molecule has 2 aromatic rings. The van der Waals surface area contributed by atoms with E-state index in [-0.39, 0.29) is 11.7 Å². The summed E-state index contributed by atoms with van der Waals surface area (Å²) in [5, 5.41) is 2.69. The number of carbonyl (C=O) groups excluding carboxylic acids is 1. The summed E-state index contributed by atoms with van der Waals surface area (Å²) in [7, 11) is 0. The summed E-state index contributed by atoms with van der Waals surface area (Å²) in [6.07, 6.45) is 2.41. The number of pyridine rings is 1. The van der Waals surface area contributed by atoms with Gasteiger partial charge in [-0.25, -0.2) is 9.37 Å². The molecule has 0 unspecified atom stereocenters. The Morgan fingerprint density at radius 2 is 2.16 bits per heavy atom. The second kappa shape index (κ2) is 6.43. The summed E-state index contributed by atoms with van der Waals surface area (Å²) in [6.45, 7) is 0. The lowest BCUT2D eigenvalue weighted by atomic mass is 10.1. The molecule has 0 spiro atoms. The molecule has 0 atom stereocenters. The zero-order valence-electron chi connectivity index (χ0n) is 10.1. The molecule has 5 heteroatoms. The molecule has 0 fully saturated rings. The molecule has 3 nitrogen and oxygen atoms in total. The third kappa shape index (κ3) is 4.44. The number of nitrogens with zero attached hydrogens (tertiary/aromatic N) is 1. The number of halogens is 2. The van der Waals surface area contributed by atoms with E-state index in [4.69, 9.17) is 0 Å². The van der Waals surface area contributed by atoms with Gasteiger partial charge in [-0.1, -0.05) is 12.1 Å². The average Bonchev–Trinajstić information content (AvgIpc) is 2.39. The Hall–Kier alpha value is -1.75. The van der Waals surface area contributed by atoms with Crippen LogP contribution in [0.1, 0.15) is 12.0 Å². The Labute approximate surface area is 119 Å². The van der Waals surface area contributed by atoms with Crippen LogP contribution in [-0.4, -0.2) is 10.9 Å². The van der Waals surface area contributed by atoms with Gasteiger partial charge >= 0.3 is 0 Å². The topological polar surface area (TPSA) is 42.0 Å². The Morgan fingerprint density at radius 1 is 1.32 bits per heavy atom. The molecule has 0 aliphatic carbocycles. The number of aryl methyl sites for hydroxylation is 1. The fourth-order valence-electron chi connectivity index (χ4n) is 1.61. The second-order valence-corrected chi connectivity index (χ2v) is 4.96. The number of aromatic nitrogens is 1. The van der Waals surface area contributed by atoms with Gasteiger partial charge in [-0.2, -0.15) is 0 Å². The highest BCUT2D eigenvalue weighted by Crippen LogP contribution is 2.11. The average molecular weight is 323 g/mol. The van der Waals surface area contributed by atoms with Crippen molar-refractivity contribution < 1.29 is 9.18 Å². The quantitative estimate of drug-likeness (QED) is 0.935. The van der Waals surface area contributed by atoms with Crippen LogP contribution in [0.15, 0.2) is 47.1 Å². The van der Waals surface area contributed by atoms with Gasteiger partial charge in [-0.15, -0.1) is 0 Å². The van der Waals surface area contributed by atoms with E-state index in [0.717, 1.165) is 10.0 Å². The van der Waals surface area contributed by atoms with Gasteiger partial charge in [-0.3, -0.25) is 4.79 Å². The Bertz CT molecular complexity index is 572. The van der Waals surface area contributed by atoms with E-state index in [1.165, 1.54) is 12.1 Å². The molecule has 98 valence electrons. The zero-order valence-corrected chi connectivity index (χ0v) is 11.7. The number of carbonyl (C=O) groups is 1. The van der Waals surface area contributed by atoms with Gasteiger partial charge in [0.25, 0.3) is 0 Å². The molecule has 0 aliphatic heterocycles. The van der Waals surface area contributed by atoms with Crippen molar-refractivity contribution in [2.45, 2.75) is 12.8 Å². The highest BCUT2D eigenvalue weighted by Gasteiger charge is 2.04. The van der Waals surface area contributed by atoms with E-state index in [1.807, 2.05) is 0 Å². The fraction of sp³-hybridized carbons (Fsp3) is 0.143. The molecule has 0 aliphatic rings. The predicted molar refractivity (Wildman–Crippen MR) is 75.3 cm³/mol. The summed E-state index contributed by atoms with van der Waals surface area (Å²) < 4.78 is 13.8. The molecule has 0 saturated heterocycles. The first-order valence-electron chi connectivity index (χ1n) is 5.79. The highest BCUT2D eigenvalue weighted by atomic mass is 79.9. The molecule has 1 N–H and O–H groups in total. The smallest absolute Gasteiger partial charge is 0.225 e. The number of nitrogens with one attached hydrogen (secondary N) is 1. The van der Waals surface area contributed by atoms with E-state index in [2.05, 4.69) is 26.2 Å². The van der Waals surface area contributed by atoms with Crippen molar-refractivity contribution in [3.63, 3.8) is 0 Å². The molecule has 0 radical (unpaired) electrons. The van der Waals surface area contributed by atoms with Crippen LogP contribution in [0.25, 0.3) is 0 Å². The van der Waals surface area contributed by atoms with Crippen molar-refractivity contribution in [3.8, 4) is 0 Å². The van der Waals surface area contributed by atoms with Gasteiger partial charge in [-0.05, 0) is 52.2 Å². The largest absolute Gasteiger partial charge is 0.311 e. The summed E-state index contributed by atoms with van der Waals surface area (Å²) in [6, 6.07) is 9.77. The van der Waals surface area contributed by atoms with Crippen LogP contribution in [0.4, 0.5) is 10.2 Å². The van der Waals surface area contributed by atoms with E-state index < -0.39 is 0 Å². The van der Waals surface area contributed by atoms with Gasteiger partial charge in [0.2, 0.25) is 5.91 Å². The number of anilines is 1. The van der Waals surface area contributed by atoms with Gasteiger partial charge in [0.1, 0.15) is 11.6 Å². The lowest BCUT2D eigenvalue weighted by Crippen LogP contribution is -2.13. The minimum atomic E-state index is -0.285. The van der Waals surface area contributed by atoms with Crippen molar-refractivity contribution in [3.05, 3.63) is 58.4 Å². The first-order valence-corrected chi connectivity index (χ1v) is 6.58. The van der Waals surface area contributed by atoms with E-state index in [1.54, 1.807) is 30.5 Å². The Kier molecular flexibility index (Phi) is 4.63. The lowest BCUT2D eigenvalue weighted by molar-refractivity contribution is -0.116. The van der Waals surface area contributed by atoms with E-state index >= 15 is 0 Å². The highest BCUT2D eigenvalue weighted by molar-refractivity contribution is 9.10. The van der Waals surface area contributed by atoms with Crippen molar-refractivity contribution in [1.82, 2.24) is 4.98 Å². The molecule has 1 heterocycles. The summed E-state index contributed by atoms with van der Waals surface area (Å²) in [4.78, 5) is 15.7. The standard InChI is InChI=1S/C14H12BrFN2O/c15-11-5-6-13(17-9-11)18-14(19)7-4-10-2-1-3-12(16)8-10/h1-3,5-6,8-9H,4,7H2,(H,17,18,19). The molecule has 2 rings (SSSR count). The third-order valence-corrected chi connectivity index (χ3v) is 2.99. The molecule has 1 aromatic carbocycles. The number of hydrogen-bond acceptors (Lipinski definition) is 2. The van der Waals surface area contributed by atoms with Crippen LogP contribution < -0.4 is 5.32 Å². The van der Waals surface area contributed by atoms with E-state index in [0.29, 0.717) is 18.7 Å². The molecule has 1 amide bonds. The summed E-state index contributed by atoms with van der Waals surface area (Å²) >= 11 is 3.27. The Balaban J connectivity index is 1.86. The van der Waals surface area contributed by atoms with Gasteiger partial charge < -0.3 is 5.32 Å². The van der Waals surface area contributed by atoms with Crippen LogP contribution in [0.2, 0.25) is 0 Å². The Morgan fingerprint density at radius 3 is 2.84 bits per heavy atom. The van der Waals surface area contributed by atoms with Crippen molar-refractivity contribution in [2.75, 3.05) is 5.32 Å². The number of benzene rings is 1. The van der Waals surface area contributed by atoms with E-state index in [9.17, 15) is 9.18 Å². The summed E-state index contributed by atoms with van der Waals surface area (Å²) in [5.74, 6) is 0.0824. The normalized spacial score (nSPS) is 10.2. The molecular weight excluding hydrogens is 311 g/mol. The van der Waals surface area contributed by atoms with Gasteiger partial charge in [0, 0.05) is 17.1 Å². The van der Waals surface area contributed by atoms with Gasteiger partial charge in [0.15, 0.2) is 0 Å². The van der Waals surface area contributed by atoms with Crippen molar-refractivity contribution >= 4 is 27.7 Å². The van der Waals surface area contributed by atoms with Crippen LogP contribution in [0.3, 0.4) is 0 Å². The molecule has 0 bridgehead atoms. The lowest BCUT2D eigenvalue weighted by Gasteiger charge is -2.04. The number of rotatable bonds is 4. The molecule has 19 heavy (non-hydrogen) atoms. The maximum Gasteiger partial charge on any atom is 0.225 e. The van der Waals surface area contributed by atoms with Crippen molar-refractivity contribution in [1.29, 1.82) is 0 Å². The van der Waals surface area contributed by atoms with Gasteiger partial charge in [0.05, 0.1) is 0 Å². The maximum absolute atomic E-state index is 13.0. The monoisotopic (exact) mass is 322 g/mol. The molecule has 0 saturated carbocycles. The predicted octanol–water partition coefficient (Wildman–Crippen LogP) is 3.55.